The second kappa shape index (κ2) is 9.94. The van der Waals surface area contributed by atoms with E-state index in [1.807, 2.05) is 67.3 Å². The lowest BCUT2D eigenvalue weighted by atomic mass is 9.96. The normalized spacial score (nSPS) is 18.5. The number of nitrogens with zero attached hydrogens (tertiary/aromatic N) is 2. The number of rotatable bonds is 5. The number of para-hydroxylation sites is 3. The highest BCUT2D eigenvalue weighted by atomic mass is 16.5. The minimum absolute atomic E-state index is 0.0166. The molecule has 1 unspecified atom stereocenters. The number of nitrogens with one attached hydrogen (secondary N) is 1. The molecule has 0 spiro atoms. The monoisotopic (exact) mass is 437 g/mol. The van der Waals surface area contributed by atoms with Crippen molar-refractivity contribution in [2.45, 2.75) is 39.3 Å². The minimum Gasteiger partial charge on any atom is -0.494 e. The van der Waals surface area contributed by atoms with Gasteiger partial charge in [0.15, 0.2) is 0 Å². The summed E-state index contributed by atoms with van der Waals surface area (Å²) in [6, 6.07) is 15.4. The van der Waals surface area contributed by atoms with E-state index in [0.29, 0.717) is 45.6 Å². The van der Waals surface area contributed by atoms with Gasteiger partial charge in [0.2, 0.25) is 5.91 Å². The van der Waals surface area contributed by atoms with Gasteiger partial charge < -0.3 is 19.7 Å². The van der Waals surface area contributed by atoms with Gasteiger partial charge in [-0.1, -0.05) is 30.3 Å². The Kier molecular flexibility index (Phi) is 6.83. The number of piperidine rings is 1. The summed E-state index contributed by atoms with van der Waals surface area (Å²) >= 11 is 0. The fourth-order valence-electron chi connectivity index (χ4n) is 4.35. The van der Waals surface area contributed by atoms with Crippen molar-refractivity contribution in [2.75, 3.05) is 31.1 Å². The van der Waals surface area contributed by atoms with Crippen molar-refractivity contribution in [1.82, 2.24) is 10.2 Å². The van der Waals surface area contributed by atoms with Gasteiger partial charge >= 0.3 is 6.03 Å². The third-order valence-electron chi connectivity index (χ3n) is 6.02. The van der Waals surface area contributed by atoms with Gasteiger partial charge in [-0.05, 0) is 44.9 Å². The number of hydrogen-bond acceptors (Lipinski definition) is 4. The van der Waals surface area contributed by atoms with Crippen LogP contribution in [0, 0.1) is 5.92 Å². The molecular weight excluding hydrogens is 406 g/mol. The second-order valence-corrected chi connectivity index (χ2v) is 8.31. The molecule has 1 fully saturated rings. The Morgan fingerprint density at radius 1 is 1.09 bits per heavy atom. The Morgan fingerprint density at radius 2 is 1.81 bits per heavy atom. The maximum Gasteiger partial charge on any atom is 0.324 e. The van der Waals surface area contributed by atoms with Crippen LogP contribution in [-0.2, 0) is 11.3 Å². The number of amides is 3. The lowest BCUT2D eigenvalue weighted by molar-refractivity contribution is -0.126. The fourth-order valence-corrected chi connectivity index (χ4v) is 4.35. The topological polar surface area (TPSA) is 71.1 Å². The quantitative estimate of drug-likeness (QED) is 0.772. The van der Waals surface area contributed by atoms with E-state index in [1.54, 1.807) is 4.90 Å². The van der Waals surface area contributed by atoms with Crippen molar-refractivity contribution in [1.29, 1.82) is 0 Å². The summed E-state index contributed by atoms with van der Waals surface area (Å²) in [4.78, 5) is 29.6. The molecule has 1 N–H and O–H groups in total. The molecule has 2 aliphatic heterocycles. The number of hydrogen-bond donors (Lipinski definition) is 1. The van der Waals surface area contributed by atoms with Crippen LogP contribution in [0.1, 0.15) is 32.3 Å². The average molecular weight is 438 g/mol. The maximum absolute atomic E-state index is 13.2. The zero-order chi connectivity index (χ0) is 22.5. The van der Waals surface area contributed by atoms with Crippen LogP contribution in [0.5, 0.6) is 11.5 Å². The van der Waals surface area contributed by atoms with E-state index >= 15 is 0 Å². The summed E-state index contributed by atoms with van der Waals surface area (Å²) in [5, 5.41) is 3.04. The number of carbonyl (C=O) groups is 2. The lowest BCUT2D eigenvalue weighted by Gasteiger charge is -2.39. The Hall–Kier alpha value is -3.22. The molecule has 1 atom stereocenters. The van der Waals surface area contributed by atoms with E-state index in [1.165, 1.54) is 0 Å². The van der Waals surface area contributed by atoms with Gasteiger partial charge in [0, 0.05) is 31.1 Å². The molecule has 0 aromatic heterocycles. The molecule has 7 nitrogen and oxygen atoms in total. The summed E-state index contributed by atoms with van der Waals surface area (Å²) < 4.78 is 11.5. The fraction of sp³-hybridized carbons (Fsp3) is 0.440. The number of likely N-dealkylation sites (tertiary alicyclic amines) is 1. The minimum atomic E-state index is -0.0887. The molecule has 0 radical (unpaired) electrons. The molecule has 2 aliphatic rings. The number of fused-ring (bicyclic) bond motifs is 1. The van der Waals surface area contributed by atoms with Gasteiger partial charge in [-0.15, -0.1) is 0 Å². The SMILES string of the molecule is CCOc1ccccc1CNC(=O)C1CCN(C(=O)N2CC(C)Oc3ccccc32)CC1. The molecule has 2 heterocycles. The summed E-state index contributed by atoms with van der Waals surface area (Å²) in [5.41, 5.74) is 1.78. The molecule has 2 aromatic carbocycles. The number of anilines is 1. The van der Waals surface area contributed by atoms with E-state index in [4.69, 9.17) is 9.47 Å². The van der Waals surface area contributed by atoms with Crippen LogP contribution in [-0.4, -0.2) is 49.2 Å². The Bertz CT molecular complexity index is 956. The van der Waals surface area contributed by atoms with E-state index in [9.17, 15) is 9.59 Å². The van der Waals surface area contributed by atoms with E-state index < -0.39 is 0 Å². The van der Waals surface area contributed by atoms with E-state index in [0.717, 1.165) is 22.7 Å². The van der Waals surface area contributed by atoms with Crippen molar-refractivity contribution >= 4 is 17.6 Å². The molecule has 2 aromatic rings. The maximum atomic E-state index is 13.2. The van der Waals surface area contributed by atoms with Gasteiger partial charge in [-0.25, -0.2) is 4.79 Å². The van der Waals surface area contributed by atoms with Crippen molar-refractivity contribution in [2.24, 2.45) is 5.92 Å². The third kappa shape index (κ3) is 4.82. The van der Waals surface area contributed by atoms with Crippen LogP contribution in [0.25, 0.3) is 0 Å². The Labute approximate surface area is 189 Å². The number of carbonyl (C=O) groups excluding carboxylic acids is 2. The first kappa shape index (κ1) is 22.0. The largest absolute Gasteiger partial charge is 0.494 e. The highest BCUT2D eigenvalue weighted by Crippen LogP contribution is 2.34. The van der Waals surface area contributed by atoms with E-state index in [2.05, 4.69) is 5.32 Å². The number of urea groups is 1. The molecule has 4 rings (SSSR count). The third-order valence-corrected chi connectivity index (χ3v) is 6.02. The Morgan fingerprint density at radius 3 is 2.59 bits per heavy atom. The first-order chi connectivity index (χ1) is 15.6. The lowest BCUT2D eigenvalue weighted by Crippen LogP contribution is -2.52. The Balaban J connectivity index is 1.31. The van der Waals surface area contributed by atoms with Crippen molar-refractivity contribution < 1.29 is 19.1 Å². The zero-order valence-electron chi connectivity index (χ0n) is 18.8. The number of benzene rings is 2. The van der Waals surface area contributed by atoms with Crippen LogP contribution in [0.15, 0.2) is 48.5 Å². The second-order valence-electron chi connectivity index (χ2n) is 8.31. The highest BCUT2D eigenvalue weighted by Gasteiger charge is 2.33. The van der Waals surface area contributed by atoms with Gasteiger partial charge in [-0.3, -0.25) is 9.69 Å². The summed E-state index contributed by atoms with van der Waals surface area (Å²) in [7, 11) is 0. The van der Waals surface area contributed by atoms with Crippen LogP contribution in [0.4, 0.5) is 10.5 Å². The molecule has 1 saturated heterocycles. The summed E-state index contributed by atoms with van der Waals surface area (Å²) in [6.07, 6.45) is 1.26. The van der Waals surface area contributed by atoms with Gasteiger partial charge in [-0.2, -0.15) is 0 Å². The molecule has 32 heavy (non-hydrogen) atoms. The van der Waals surface area contributed by atoms with Crippen LogP contribution in [0.2, 0.25) is 0 Å². The van der Waals surface area contributed by atoms with Gasteiger partial charge in [0.05, 0.1) is 18.8 Å². The van der Waals surface area contributed by atoms with Crippen LogP contribution >= 0.6 is 0 Å². The smallest absolute Gasteiger partial charge is 0.324 e. The summed E-state index contributed by atoms with van der Waals surface area (Å²) in [6.45, 7) is 6.60. The van der Waals surface area contributed by atoms with E-state index in [-0.39, 0.29) is 24.0 Å². The number of ether oxygens (including phenoxy) is 2. The van der Waals surface area contributed by atoms with Crippen molar-refractivity contribution in [3.8, 4) is 11.5 Å². The van der Waals surface area contributed by atoms with Crippen molar-refractivity contribution in [3.05, 3.63) is 54.1 Å². The molecule has 7 heteroatoms. The first-order valence-electron chi connectivity index (χ1n) is 11.4. The molecule has 0 aliphatic carbocycles. The predicted octanol–water partition coefficient (Wildman–Crippen LogP) is 3.82. The van der Waals surface area contributed by atoms with Crippen molar-refractivity contribution in [3.63, 3.8) is 0 Å². The predicted molar refractivity (Wildman–Crippen MR) is 123 cm³/mol. The molecule has 170 valence electrons. The molecule has 0 bridgehead atoms. The summed E-state index contributed by atoms with van der Waals surface area (Å²) in [5.74, 6) is 1.49. The molecular formula is C25H31N3O4. The average Bonchev–Trinajstić information content (AvgIpc) is 2.82. The van der Waals surface area contributed by atoms with Gasteiger partial charge in [0.1, 0.15) is 17.6 Å². The standard InChI is InChI=1S/C25H31N3O4/c1-3-31-22-10-6-4-8-20(22)16-26-24(29)19-12-14-27(15-13-19)25(30)28-17-18(2)32-23-11-7-5-9-21(23)28/h4-11,18-19H,3,12-17H2,1-2H3,(H,26,29). The zero-order valence-corrected chi connectivity index (χ0v) is 18.8. The first-order valence-corrected chi connectivity index (χ1v) is 11.4. The molecule has 3 amide bonds. The van der Waals surface area contributed by atoms with Crippen LogP contribution in [0.3, 0.4) is 0 Å². The highest BCUT2D eigenvalue weighted by molar-refractivity contribution is 5.94. The molecule has 0 saturated carbocycles. The van der Waals surface area contributed by atoms with Gasteiger partial charge in [0.25, 0.3) is 0 Å². The van der Waals surface area contributed by atoms with Crippen LogP contribution < -0.4 is 19.7 Å².